The van der Waals surface area contributed by atoms with E-state index in [1.165, 1.54) is 84.3 Å². The monoisotopic (exact) mass is 251 g/mol. The average molecular weight is 251 g/mol. The second-order valence-electron chi connectivity index (χ2n) is 6.38. The van der Waals surface area contributed by atoms with E-state index in [0.29, 0.717) is 0 Å². The Bertz CT molecular complexity index is 248. The van der Waals surface area contributed by atoms with Crippen molar-refractivity contribution in [2.24, 2.45) is 5.92 Å². The molecule has 2 saturated heterocycles. The highest BCUT2D eigenvalue weighted by Gasteiger charge is 2.32. The van der Waals surface area contributed by atoms with Gasteiger partial charge in [0.05, 0.1) is 0 Å². The van der Waals surface area contributed by atoms with Gasteiger partial charge in [-0.25, -0.2) is 0 Å². The predicted octanol–water partition coefficient (Wildman–Crippen LogP) is 1.55. The molecule has 1 N–H and O–H groups in total. The topological polar surface area (TPSA) is 18.5 Å². The van der Waals surface area contributed by atoms with E-state index in [4.69, 9.17) is 0 Å². The average Bonchev–Trinajstić information content (AvgIpc) is 2.46. The first-order valence-corrected chi connectivity index (χ1v) is 8.10. The molecule has 3 aliphatic rings. The zero-order chi connectivity index (χ0) is 12.2. The first-order valence-electron chi connectivity index (χ1n) is 8.10. The van der Waals surface area contributed by atoms with Crippen LogP contribution in [0.15, 0.2) is 0 Å². The van der Waals surface area contributed by atoms with Crippen LogP contribution in [0.3, 0.4) is 0 Å². The molecule has 0 aromatic heterocycles. The highest BCUT2D eigenvalue weighted by Crippen LogP contribution is 2.34. The molecule has 2 heterocycles. The van der Waals surface area contributed by atoms with Gasteiger partial charge in [-0.05, 0) is 38.1 Å². The molecular weight excluding hydrogens is 222 g/mol. The number of likely N-dealkylation sites (tertiary alicyclic amines) is 1. The van der Waals surface area contributed by atoms with E-state index < -0.39 is 0 Å². The quantitative estimate of drug-likeness (QED) is 0.821. The van der Waals surface area contributed by atoms with Crippen molar-refractivity contribution in [1.82, 2.24) is 15.1 Å². The number of rotatable bonds is 3. The van der Waals surface area contributed by atoms with Crippen LogP contribution < -0.4 is 5.32 Å². The maximum Gasteiger partial charge on any atom is 0.0124 e. The van der Waals surface area contributed by atoms with Crippen LogP contribution in [-0.4, -0.2) is 61.7 Å². The minimum Gasteiger partial charge on any atom is -0.314 e. The highest BCUT2D eigenvalue weighted by atomic mass is 15.2. The van der Waals surface area contributed by atoms with Crippen molar-refractivity contribution >= 4 is 0 Å². The maximum absolute atomic E-state index is 3.44. The van der Waals surface area contributed by atoms with Crippen LogP contribution in [0.2, 0.25) is 0 Å². The number of nitrogens with zero attached hydrogens (tertiary/aromatic N) is 2. The summed E-state index contributed by atoms with van der Waals surface area (Å²) >= 11 is 0. The Labute approximate surface area is 112 Å². The van der Waals surface area contributed by atoms with Crippen molar-refractivity contribution in [1.29, 1.82) is 0 Å². The summed E-state index contributed by atoms with van der Waals surface area (Å²) in [6, 6.07) is 0.940. The molecule has 0 bridgehead atoms. The van der Waals surface area contributed by atoms with Crippen LogP contribution in [0.1, 0.15) is 38.5 Å². The summed E-state index contributed by atoms with van der Waals surface area (Å²) in [5, 5.41) is 3.44. The lowest BCUT2D eigenvalue weighted by atomic mass is 9.78. The standard InChI is InChI=1S/C15H29N3/c1-2-6-15-14(4-1)5-3-9-18(15)13-12-17-10-7-16-8-11-17/h14-16H,1-13H2/t14-,15-/m1/s1. The van der Waals surface area contributed by atoms with E-state index in [9.17, 15) is 0 Å². The van der Waals surface area contributed by atoms with Gasteiger partial charge in [0.15, 0.2) is 0 Å². The number of hydrogen-bond donors (Lipinski definition) is 1. The van der Waals surface area contributed by atoms with E-state index in [-0.39, 0.29) is 0 Å². The molecule has 3 fully saturated rings. The van der Waals surface area contributed by atoms with Crippen LogP contribution in [0.5, 0.6) is 0 Å². The SMILES string of the molecule is C1CC[C@@H]2[C@H](C1)CCCN2CCN1CCNCC1. The van der Waals surface area contributed by atoms with Crippen molar-refractivity contribution in [3.8, 4) is 0 Å². The molecule has 1 aliphatic carbocycles. The third-order valence-corrected chi connectivity index (χ3v) is 5.27. The number of hydrogen-bond acceptors (Lipinski definition) is 3. The van der Waals surface area contributed by atoms with Gasteiger partial charge in [0.1, 0.15) is 0 Å². The number of piperazine rings is 1. The van der Waals surface area contributed by atoms with Crippen LogP contribution in [-0.2, 0) is 0 Å². The van der Waals surface area contributed by atoms with Gasteiger partial charge in [0.2, 0.25) is 0 Å². The normalized spacial score (nSPS) is 35.3. The molecule has 0 unspecified atom stereocenters. The third-order valence-electron chi connectivity index (χ3n) is 5.27. The summed E-state index contributed by atoms with van der Waals surface area (Å²) in [7, 11) is 0. The first-order chi connectivity index (χ1) is 8.93. The fourth-order valence-corrected chi connectivity index (χ4v) is 4.21. The lowest BCUT2D eigenvalue weighted by Gasteiger charge is -2.45. The number of piperidine rings is 1. The van der Waals surface area contributed by atoms with Gasteiger partial charge in [-0.2, -0.15) is 0 Å². The van der Waals surface area contributed by atoms with E-state index in [1.807, 2.05) is 0 Å². The Kier molecular flexibility index (Phi) is 4.55. The van der Waals surface area contributed by atoms with Crippen LogP contribution in [0.4, 0.5) is 0 Å². The molecule has 2 aliphatic heterocycles. The van der Waals surface area contributed by atoms with Crippen molar-refractivity contribution in [3.63, 3.8) is 0 Å². The lowest BCUT2D eigenvalue weighted by Crippen LogP contribution is -2.51. The van der Waals surface area contributed by atoms with Crippen molar-refractivity contribution in [2.45, 2.75) is 44.6 Å². The molecule has 1 saturated carbocycles. The summed E-state index contributed by atoms with van der Waals surface area (Å²) in [4.78, 5) is 5.47. The summed E-state index contributed by atoms with van der Waals surface area (Å²) < 4.78 is 0. The highest BCUT2D eigenvalue weighted by molar-refractivity contribution is 4.87. The summed E-state index contributed by atoms with van der Waals surface area (Å²) in [5.41, 5.74) is 0. The van der Waals surface area contributed by atoms with Gasteiger partial charge in [-0.1, -0.05) is 12.8 Å². The minimum atomic E-state index is 0.940. The first kappa shape index (κ1) is 12.9. The van der Waals surface area contributed by atoms with Gasteiger partial charge in [0.25, 0.3) is 0 Å². The van der Waals surface area contributed by atoms with E-state index in [2.05, 4.69) is 15.1 Å². The van der Waals surface area contributed by atoms with Gasteiger partial charge >= 0.3 is 0 Å². The minimum absolute atomic E-state index is 0.940. The maximum atomic E-state index is 3.44. The molecule has 2 atom stereocenters. The zero-order valence-corrected chi connectivity index (χ0v) is 11.7. The molecule has 3 rings (SSSR count). The molecule has 3 heteroatoms. The van der Waals surface area contributed by atoms with Gasteiger partial charge in [-0.15, -0.1) is 0 Å². The van der Waals surface area contributed by atoms with Crippen molar-refractivity contribution < 1.29 is 0 Å². The Morgan fingerprint density at radius 2 is 1.61 bits per heavy atom. The van der Waals surface area contributed by atoms with Crippen molar-refractivity contribution in [3.05, 3.63) is 0 Å². The molecule has 0 spiro atoms. The molecule has 0 radical (unpaired) electrons. The summed E-state index contributed by atoms with van der Waals surface area (Å²) in [5.74, 6) is 1.04. The molecule has 0 aromatic rings. The molecule has 18 heavy (non-hydrogen) atoms. The molecule has 0 aromatic carbocycles. The summed E-state index contributed by atoms with van der Waals surface area (Å²) in [6.07, 6.45) is 8.91. The zero-order valence-electron chi connectivity index (χ0n) is 11.7. The van der Waals surface area contributed by atoms with E-state index in [0.717, 1.165) is 12.0 Å². The third kappa shape index (κ3) is 3.06. The Hall–Kier alpha value is -0.120. The number of nitrogens with one attached hydrogen (secondary N) is 1. The molecule has 104 valence electrons. The van der Waals surface area contributed by atoms with E-state index >= 15 is 0 Å². The van der Waals surface area contributed by atoms with Gasteiger partial charge < -0.3 is 5.32 Å². The van der Waals surface area contributed by atoms with Gasteiger partial charge in [-0.3, -0.25) is 9.80 Å². The molecular formula is C15H29N3. The largest absolute Gasteiger partial charge is 0.314 e. The fourth-order valence-electron chi connectivity index (χ4n) is 4.21. The van der Waals surface area contributed by atoms with E-state index in [1.54, 1.807) is 0 Å². The second-order valence-corrected chi connectivity index (χ2v) is 6.38. The smallest absolute Gasteiger partial charge is 0.0124 e. The van der Waals surface area contributed by atoms with Gasteiger partial charge in [0, 0.05) is 45.3 Å². The fraction of sp³-hybridized carbons (Fsp3) is 1.00. The van der Waals surface area contributed by atoms with Crippen LogP contribution in [0.25, 0.3) is 0 Å². The van der Waals surface area contributed by atoms with Crippen molar-refractivity contribution in [2.75, 3.05) is 45.8 Å². The Morgan fingerprint density at radius 3 is 2.50 bits per heavy atom. The summed E-state index contributed by atoms with van der Waals surface area (Å²) in [6.45, 7) is 8.86. The Morgan fingerprint density at radius 1 is 0.833 bits per heavy atom. The second kappa shape index (κ2) is 6.36. The number of fused-ring (bicyclic) bond motifs is 1. The van der Waals surface area contributed by atoms with Crippen LogP contribution >= 0.6 is 0 Å². The molecule has 0 amide bonds. The predicted molar refractivity (Wildman–Crippen MR) is 75.9 cm³/mol. The Balaban J connectivity index is 1.48. The lowest BCUT2D eigenvalue weighted by molar-refractivity contribution is 0.0509. The van der Waals surface area contributed by atoms with Crippen LogP contribution in [0, 0.1) is 5.92 Å². The molecule has 3 nitrogen and oxygen atoms in total.